The van der Waals surface area contributed by atoms with Crippen LogP contribution >= 0.6 is 11.8 Å². The second kappa shape index (κ2) is 12.5. The predicted molar refractivity (Wildman–Crippen MR) is 157 cm³/mol. The van der Waals surface area contributed by atoms with E-state index >= 15 is 0 Å². The molecule has 1 aromatic rings. The molecule has 2 aliphatic heterocycles. The molecule has 1 aliphatic carbocycles. The number of nitrogens with zero attached hydrogens (tertiary/aromatic N) is 4. The van der Waals surface area contributed by atoms with Crippen LogP contribution in [0.5, 0.6) is 0 Å². The SMILES string of the molecule is C=CC[C@@H](OC)C1CN=C(N(/C(=N\CC)[C@@H]2CCCC(=O)N2c2ccc(F)c(F)c2)[C@H]2CCC2C(C)(C)C)S1. The van der Waals surface area contributed by atoms with Gasteiger partial charge in [0.2, 0.25) is 5.91 Å². The summed E-state index contributed by atoms with van der Waals surface area (Å²) in [4.78, 5) is 27.3. The van der Waals surface area contributed by atoms with Gasteiger partial charge in [0.1, 0.15) is 5.84 Å². The summed E-state index contributed by atoms with van der Waals surface area (Å²) in [7, 11) is 1.73. The molecule has 2 fully saturated rings. The van der Waals surface area contributed by atoms with Crippen LogP contribution in [0.1, 0.15) is 66.2 Å². The molecule has 2 unspecified atom stereocenters. The molecule has 5 atom stereocenters. The predicted octanol–water partition coefficient (Wildman–Crippen LogP) is 6.46. The third-order valence-electron chi connectivity index (χ3n) is 8.16. The molecule has 39 heavy (non-hydrogen) atoms. The van der Waals surface area contributed by atoms with E-state index in [2.05, 4.69) is 32.3 Å². The molecular formula is C30H42F2N4O2S. The maximum Gasteiger partial charge on any atom is 0.227 e. The Labute approximate surface area is 236 Å². The molecule has 1 aromatic carbocycles. The topological polar surface area (TPSA) is 57.5 Å². The molecule has 9 heteroatoms. The molecule has 0 radical (unpaired) electrons. The minimum Gasteiger partial charge on any atom is -0.380 e. The van der Waals surface area contributed by atoms with E-state index in [1.165, 1.54) is 6.07 Å². The molecule has 3 aliphatic rings. The van der Waals surface area contributed by atoms with Crippen molar-refractivity contribution in [1.82, 2.24) is 4.90 Å². The number of carbonyl (C=O) groups excluding carboxylic acids is 1. The Kier molecular flexibility index (Phi) is 9.53. The first-order chi connectivity index (χ1) is 18.6. The number of ether oxygens (including phenoxy) is 1. The summed E-state index contributed by atoms with van der Waals surface area (Å²) in [5.74, 6) is -0.788. The van der Waals surface area contributed by atoms with Crippen molar-refractivity contribution >= 4 is 34.4 Å². The number of halogens is 2. The van der Waals surface area contributed by atoms with Crippen LogP contribution in [-0.2, 0) is 9.53 Å². The number of methoxy groups -OCH3 is 1. The molecule has 1 saturated carbocycles. The number of hydrogen-bond acceptors (Lipinski definition) is 5. The summed E-state index contributed by atoms with van der Waals surface area (Å²) in [6.45, 7) is 13.9. The summed E-state index contributed by atoms with van der Waals surface area (Å²) < 4.78 is 33.9. The Bertz CT molecular complexity index is 1120. The molecule has 0 bridgehead atoms. The van der Waals surface area contributed by atoms with Crippen LogP contribution in [0.4, 0.5) is 14.5 Å². The summed E-state index contributed by atoms with van der Waals surface area (Å²) >= 11 is 1.71. The molecule has 1 amide bonds. The number of thioether (sulfide) groups is 1. The lowest BCUT2D eigenvalue weighted by Crippen LogP contribution is -2.61. The molecule has 6 nitrogen and oxygen atoms in total. The fourth-order valence-electron chi connectivity index (χ4n) is 6.06. The van der Waals surface area contributed by atoms with E-state index < -0.39 is 17.7 Å². The highest BCUT2D eigenvalue weighted by atomic mass is 32.2. The van der Waals surface area contributed by atoms with Gasteiger partial charge in [-0.25, -0.2) is 8.78 Å². The summed E-state index contributed by atoms with van der Waals surface area (Å²) in [5.41, 5.74) is 0.444. The number of rotatable bonds is 8. The maximum absolute atomic E-state index is 14.3. The normalized spacial score (nSPS) is 26.7. The van der Waals surface area contributed by atoms with Crippen molar-refractivity contribution in [2.45, 2.75) is 89.7 Å². The highest BCUT2D eigenvalue weighted by Crippen LogP contribution is 2.47. The first-order valence-corrected chi connectivity index (χ1v) is 14.9. The average Bonchev–Trinajstić information content (AvgIpc) is 3.34. The van der Waals surface area contributed by atoms with Crippen molar-refractivity contribution < 1.29 is 18.3 Å². The minimum atomic E-state index is -0.964. The van der Waals surface area contributed by atoms with Gasteiger partial charge in [0, 0.05) is 37.9 Å². The molecule has 2 heterocycles. The van der Waals surface area contributed by atoms with Gasteiger partial charge >= 0.3 is 0 Å². The molecule has 0 aromatic heterocycles. The first kappa shape index (κ1) is 29.7. The standard InChI is InChI=1S/C30H42F2N4O2S/c1-7-10-25(38-6)26-18-34-29(39-26)36(23-16-14-20(23)30(3,4)5)28(33-8-2)24-11-9-12-27(37)35(24)19-13-15-21(31)22(32)17-19/h7,13,15,17,20,23-26H,1,8-12,14,16,18H2,2-6H3/b33-28-/t20?,23-,24-,25+,26?/m0/s1. The van der Waals surface area contributed by atoms with Crippen LogP contribution in [0, 0.1) is 23.0 Å². The van der Waals surface area contributed by atoms with Crippen LogP contribution in [0.2, 0.25) is 0 Å². The zero-order valence-electron chi connectivity index (χ0n) is 23.8. The Morgan fingerprint density at radius 1 is 1.31 bits per heavy atom. The van der Waals surface area contributed by atoms with Gasteiger partial charge in [0.25, 0.3) is 0 Å². The first-order valence-electron chi connectivity index (χ1n) is 14.1. The van der Waals surface area contributed by atoms with E-state index in [9.17, 15) is 13.6 Å². The van der Waals surface area contributed by atoms with Crippen molar-refractivity contribution in [2.24, 2.45) is 21.3 Å². The van der Waals surface area contributed by atoms with E-state index in [1.807, 2.05) is 13.0 Å². The third-order valence-corrected chi connectivity index (χ3v) is 9.45. The maximum atomic E-state index is 14.3. The number of anilines is 1. The average molecular weight is 561 g/mol. The van der Waals surface area contributed by atoms with Gasteiger partial charge in [-0.15, -0.1) is 6.58 Å². The summed E-state index contributed by atoms with van der Waals surface area (Å²) in [6, 6.07) is 3.48. The number of hydrogen-bond donors (Lipinski definition) is 0. The molecular weight excluding hydrogens is 518 g/mol. The van der Waals surface area contributed by atoms with E-state index in [4.69, 9.17) is 14.7 Å². The third kappa shape index (κ3) is 6.24. The van der Waals surface area contributed by atoms with Gasteiger partial charge in [-0.2, -0.15) is 0 Å². The molecule has 214 valence electrons. The minimum absolute atomic E-state index is 0.00286. The lowest BCUT2D eigenvalue weighted by Gasteiger charge is -2.52. The number of carbonyl (C=O) groups is 1. The van der Waals surface area contributed by atoms with Crippen molar-refractivity contribution in [3.8, 4) is 0 Å². The van der Waals surface area contributed by atoms with E-state index in [0.29, 0.717) is 44.0 Å². The lowest BCUT2D eigenvalue weighted by atomic mass is 9.64. The van der Waals surface area contributed by atoms with Crippen LogP contribution in [0.25, 0.3) is 0 Å². The Morgan fingerprint density at radius 2 is 2.08 bits per heavy atom. The Morgan fingerprint density at radius 3 is 2.67 bits per heavy atom. The van der Waals surface area contributed by atoms with Gasteiger partial charge in [-0.05, 0) is 62.5 Å². The van der Waals surface area contributed by atoms with Crippen molar-refractivity contribution in [3.05, 3.63) is 42.5 Å². The second-order valence-electron chi connectivity index (χ2n) is 11.7. The smallest absolute Gasteiger partial charge is 0.227 e. The Hall–Kier alpha value is -2.26. The van der Waals surface area contributed by atoms with E-state index in [0.717, 1.165) is 42.4 Å². The van der Waals surface area contributed by atoms with Gasteiger partial charge in [0.15, 0.2) is 16.8 Å². The lowest BCUT2D eigenvalue weighted by molar-refractivity contribution is -0.119. The van der Waals surface area contributed by atoms with Gasteiger partial charge in [-0.1, -0.05) is 38.6 Å². The highest BCUT2D eigenvalue weighted by molar-refractivity contribution is 8.14. The summed E-state index contributed by atoms with van der Waals surface area (Å²) in [5, 5.41) is 1.05. The molecule has 4 rings (SSSR count). The van der Waals surface area contributed by atoms with Crippen molar-refractivity contribution in [2.75, 3.05) is 25.1 Å². The largest absolute Gasteiger partial charge is 0.380 e. The van der Waals surface area contributed by atoms with E-state index in [1.54, 1.807) is 23.8 Å². The number of piperidine rings is 1. The fourth-order valence-corrected chi connectivity index (χ4v) is 7.34. The molecule has 1 saturated heterocycles. The van der Waals surface area contributed by atoms with Crippen molar-refractivity contribution in [1.29, 1.82) is 0 Å². The summed E-state index contributed by atoms with van der Waals surface area (Å²) in [6.07, 6.45) is 6.48. The monoisotopic (exact) mass is 560 g/mol. The van der Waals surface area contributed by atoms with Crippen LogP contribution < -0.4 is 4.90 Å². The zero-order valence-corrected chi connectivity index (χ0v) is 24.6. The highest BCUT2D eigenvalue weighted by Gasteiger charge is 2.48. The van der Waals surface area contributed by atoms with Gasteiger partial charge in [-0.3, -0.25) is 14.8 Å². The van der Waals surface area contributed by atoms with Crippen LogP contribution in [0.15, 0.2) is 40.8 Å². The number of amides is 1. The van der Waals surface area contributed by atoms with E-state index in [-0.39, 0.29) is 28.7 Å². The number of aliphatic imine (C=N–C) groups is 2. The number of benzene rings is 1. The van der Waals surface area contributed by atoms with Gasteiger partial charge in [0.05, 0.1) is 23.9 Å². The molecule has 0 spiro atoms. The Balaban J connectivity index is 1.76. The van der Waals surface area contributed by atoms with Crippen LogP contribution in [-0.4, -0.2) is 65.4 Å². The number of amidine groups is 2. The van der Waals surface area contributed by atoms with Crippen molar-refractivity contribution in [3.63, 3.8) is 0 Å². The fraction of sp³-hybridized carbons (Fsp3) is 0.633. The second-order valence-corrected chi connectivity index (χ2v) is 12.9. The van der Waals surface area contributed by atoms with Crippen LogP contribution in [0.3, 0.4) is 0 Å². The quantitative estimate of drug-likeness (QED) is 0.208. The van der Waals surface area contributed by atoms with Gasteiger partial charge < -0.3 is 14.5 Å². The molecule has 0 N–H and O–H groups in total. The zero-order chi connectivity index (χ0) is 28.3.